The van der Waals surface area contributed by atoms with Gasteiger partial charge in [-0.3, -0.25) is 4.79 Å². The van der Waals surface area contributed by atoms with Crippen LogP contribution in [0.15, 0.2) is 11.6 Å². The number of nitriles is 1. The van der Waals surface area contributed by atoms with E-state index >= 15 is 0 Å². The van der Waals surface area contributed by atoms with Crippen molar-refractivity contribution in [3.8, 4) is 6.07 Å². The molecule has 0 saturated carbocycles. The summed E-state index contributed by atoms with van der Waals surface area (Å²) in [6.45, 7) is 15.1. The summed E-state index contributed by atoms with van der Waals surface area (Å²) in [6, 6.07) is 4.26. The van der Waals surface area contributed by atoms with E-state index in [0.29, 0.717) is 0 Å². The van der Waals surface area contributed by atoms with Gasteiger partial charge in [-0.1, -0.05) is 6.92 Å². The predicted octanol–water partition coefficient (Wildman–Crippen LogP) is 4.07. The molecule has 0 aliphatic heterocycles. The highest BCUT2D eigenvalue weighted by molar-refractivity contribution is 6.02. The number of aryl methyl sites for hydroxylation is 1. The van der Waals surface area contributed by atoms with Crippen LogP contribution in [0.1, 0.15) is 58.0 Å². The number of hydrogen-bond donors (Lipinski definition) is 0. The fourth-order valence-corrected chi connectivity index (χ4v) is 3.04. The maximum Gasteiger partial charge on any atom is 0.264 e. The van der Waals surface area contributed by atoms with Crippen molar-refractivity contribution in [1.29, 1.82) is 5.26 Å². The Labute approximate surface area is 140 Å². The van der Waals surface area contributed by atoms with E-state index in [9.17, 15) is 10.1 Å². The van der Waals surface area contributed by atoms with E-state index in [4.69, 9.17) is 0 Å². The lowest BCUT2D eigenvalue weighted by Gasteiger charge is -2.30. The van der Waals surface area contributed by atoms with Crippen LogP contribution >= 0.6 is 0 Å². The van der Waals surface area contributed by atoms with Gasteiger partial charge in [0.25, 0.3) is 5.91 Å². The average molecular weight is 315 g/mol. The van der Waals surface area contributed by atoms with Crippen molar-refractivity contribution >= 4 is 12.0 Å². The Kier molecular flexibility index (Phi) is 6.62. The Balaban J connectivity index is 3.26. The standard InChI is InChI=1S/C19H29N3O/c1-8-9-21-15(6)10-17(16(21)7)11-18(12-20)19(23)22(13(2)3)14(4)5/h10-11,13-14H,8-9H2,1-7H3/b18-11+. The molecular formula is C19H29N3O. The SMILES string of the molecule is CCCn1c(C)cc(/C=C(\C#N)C(=O)N(C(C)C)C(C)C)c1C. The molecule has 0 aromatic carbocycles. The third-order valence-corrected chi connectivity index (χ3v) is 4.06. The molecule has 0 saturated heterocycles. The van der Waals surface area contributed by atoms with Crippen LogP contribution in [0.25, 0.3) is 6.08 Å². The molecule has 4 nitrogen and oxygen atoms in total. The maximum atomic E-state index is 12.7. The van der Waals surface area contributed by atoms with Gasteiger partial charge in [0.15, 0.2) is 0 Å². The van der Waals surface area contributed by atoms with Gasteiger partial charge in [0, 0.05) is 30.0 Å². The van der Waals surface area contributed by atoms with E-state index in [1.165, 1.54) is 0 Å². The normalized spacial score (nSPS) is 11.9. The zero-order valence-corrected chi connectivity index (χ0v) is 15.5. The summed E-state index contributed by atoms with van der Waals surface area (Å²) in [7, 11) is 0. The van der Waals surface area contributed by atoms with Gasteiger partial charge in [-0.05, 0) is 65.7 Å². The second kappa shape index (κ2) is 8.01. The minimum atomic E-state index is -0.196. The summed E-state index contributed by atoms with van der Waals surface area (Å²) in [5, 5.41) is 9.47. The van der Waals surface area contributed by atoms with Crippen molar-refractivity contribution in [3.05, 3.63) is 28.6 Å². The molecule has 0 bridgehead atoms. The minimum absolute atomic E-state index is 0.0618. The second-order valence-electron chi connectivity index (χ2n) is 6.55. The van der Waals surface area contributed by atoms with Crippen LogP contribution in [-0.4, -0.2) is 27.5 Å². The Morgan fingerprint density at radius 1 is 1.30 bits per heavy atom. The van der Waals surface area contributed by atoms with Crippen LogP contribution < -0.4 is 0 Å². The Hall–Kier alpha value is -2.02. The maximum absolute atomic E-state index is 12.7. The monoisotopic (exact) mass is 315 g/mol. The van der Waals surface area contributed by atoms with Crippen molar-refractivity contribution in [2.45, 2.75) is 73.5 Å². The van der Waals surface area contributed by atoms with E-state index in [-0.39, 0.29) is 23.6 Å². The number of hydrogen-bond acceptors (Lipinski definition) is 2. The Morgan fingerprint density at radius 3 is 2.30 bits per heavy atom. The topological polar surface area (TPSA) is 49.0 Å². The van der Waals surface area contributed by atoms with Gasteiger partial charge in [0.05, 0.1) is 0 Å². The summed E-state index contributed by atoms with van der Waals surface area (Å²) < 4.78 is 2.23. The van der Waals surface area contributed by atoms with E-state index in [1.54, 1.807) is 11.0 Å². The molecule has 0 fully saturated rings. The first-order valence-electron chi connectivity index (χ1n) is 8.35. The van der Waals surface area contributed by atoms with Gasteiger partial charge in [-0.15, -0.1) is 0 Å². The highest BCUT2D eigenvalue weighted by atomic mass is 16.2. The number of carbonyl (C=O) groups excluding carboxylic acids is 1. The molecule has 126 valence electrons. The molecule has 4 heteroatoms. The largest absolute Gasteiger partial charge is 0.349 e. The van der Waals surface area contributed by atoms with Crippen molar-refractivity contribution in [2.75, 3.05) is 0 Å². The molecule has 0 atom stereocenters. The number of rotatable bonds is 6. The van der Waals surface area contributed by atoms with Crippen molar-refractivity contribution in [2.24, 2.45) is 0 Å². The van der Waals surface area contributed by atoms with Gasteiger partial charge in [0.1, 0.15) is 11.6 Å². The van der Waals surface area contributed by atoms with Crippen molar-refractivity contribution < 1.29 is 4.79 Å². The Morgan fingerprint density at radius 2 is 1.87 bits per heavy atom. The van der Waals surface area contributed by atoms with Gasteiger partial charge in [0.2, 0.25) is 0 Å². The smallest absolute Gasteiger partial charge is 0.264 e. The first kappa shape index (κ1) is 19.0. The molecule has 1 amide bonds. The van der Waals surface area contributed by atoms with Crippen molar-refractivity contribution in [3.63, 3.8) is 0 Å². The number of amides is 1. The molecule has 1 aromatic heterocycles. The fraction of sp³-hybridized carbons (Fsp3) is 0.579. The van der Waals surface area contributed by atoms with Crippen LogP contribution in [-0.2, 0) is 11.3 Å². The molecule has 1 rings (SSSR count). The number of aromatic nitrogens is 1. The lowest BCUT2D eigenvalue weighted by atomic mass is 10.1. The Bertz CT molecular complexity index is 622. The number of carbonyl (C=O) groups is 1. The van der Waals surface area contributed by atoms with E-state index in [2.05, 4.69) is 24.5 Å². The van der Waals surface area contributed by atoms with E-state index in [0.717, 1.165) is 29.9 Å². The third kappa shape index (κ3) is 4.25. The third-order valence-electron chi connectivity index (χ3n) is 4.06. The van der Waals surface area contributed by atoms with Crippen LogP contribution in [0.2, 0.25) is 0 Å². The first-order chi connectivity index (χ1) is 10.7. The van der Waals surface area contributed by atoms with Crippen molar-refractivity contribution in [1.82, 2.24) is 9.47 Å². The minimum Gasteiger partial charge on any atom is -0.349 e. The summed E-state index contributed by atoms with van der Waals surface area (Å²) in [4.78, 5) is 14.5. The highest BCUT2D eigenvalue weighted by Crippen LogP contribution is 2.20. The molecule has 1 aromatic rings. The molecule has 0 N–H and O–H groups in total. The predicted molar refractivity (Wildman–Crippen MR) is 94.9 cm³/mol. The molecule has 0 aliphatic carbocycles. The molecular weight excluding hydrogens is 286 g/mol. The molecule has 1 heterocycles. The molecule has 23 heavy (non-hydrogen) atoms. The molecule has 0 aliphatic rings. The van der Waals surface area contributed by atoms with Gasteiger partial charge < -0.3 is 9.47 Å². The summed E-state index contributed by atoms with van der Waals surface area (Å²) >= 11 is 0. The van der Waals surface area contributed by atoms with Crippen LogP contribution in [0.3, 0.4) is 0 Å². The second-order valence-corrected chi connectivity index (χ2v) is 6.55. The fourth-order valence-electron chi connectivity index (χ4n) is 3.04. The zero-order valence-electron chi connectivity index (χ0n) is 15.5. The average Bonchev–Trinajstić information content (AvgIpc) is 2.71. The summed E-state index contributed by atoms with van der Waals surface area (Å²) in [6.07, 6.45) is 2.78. The van der Waals surface area contributed by atoms with E-state index < -0.39 is 0 Å². The summed E-state index contributed by atoms with van der Waals surface area (Å²) in [5.41, 5.74) is 3.41. The van der Waals surface area contributed by atoms with Crippen LogP contribution in [0.4, 0.5) is 0 Å². The number of nitrogens with zero attached hydrogens (tertiary/aromatic N) is 3. The lowest BCUT2D eigenvalue weighted by Crippen LogP contribution is -2.42. The molecule has 0 radical (unpaired) electrons. The van der Waals surface area contributed by atoms with Gasteiger partial charge >= 0.3 is 0 Å². The van der Waals surface area contributed by atoms with E-state index in [1.807, 2.05) is 40.7 Å². The molecule has 0 spiro atoms. The quantitative estimate of drug-likeness (QED) is 0.587. The summed E-state index contributed by atoms with van der Waals surface area (Å²) in [5.74, 6) is -0.196. The van der Waals surface area contributed by atoms with Gasteiger partial charge in [-0.2, -0.15) is 5.26 Å². The first-order valence-corrected chi connectivity index (χ1v) is 8.35. The zero-order chi connectivity index (χ0) is 17.7. The molecule has 0 unspecified atom stereocenters. The van der Waals surface area contributed by atoms with Crippen LogP contribution in [0.5, 0.6) is 0 Å². The van der Waals surface area contributed by atoms with Gasteiger partial charge in [-0.25, -0.2) is 0 Å². The van der Waals surface area contributed by atoms with Crippen LogP contribution in [0, 0.1) is 25.2 Å². The highest BCUT2D eigenvalue weighted by Gasteiger charge is 2.24. The lowest BCUT2D eigenvalue weighted by molar-refractivity contribution is -0.130.